The molecule has 0 unspecified atom stereocenters. The highest BCUT2D eigenvalue weighted by Gasteiger charge is 2.19. The highest BCUT2D eigenvalue weighted by molar-refractivity contribution is 5.71. The minimum Gasteiger partial charge on any atom is -0.462 e. The van der Waals surface area contributed by atoms with Crippen LogP contribution in [0.15, 0.2) is 0 Å². The molecule has 58 heavy (non-hydrogen) atoms. The van der Waals surface area contributed by atoms with Crippen molar-refractivity contribution in [1.29, 1.82) is 0 Å². The summed E-state index contributed by atoms with van der Waals surface area (Å²) in [6.07, 6.45) is 48.4. The van der Waals surface area contributed by atoms with Crippen LogP contribution in [0.2, 0.25) is 0 Å². The maximum atomic E-state index is 12.7. The normalized spacial score (nSPS) is 11.9. The number of carbonyl (C=O) groups excluding carboxylic acids is 3. The summed E-state index contributed by atoms with van der Waals surface area (Å²) >= 11 is 0. The van der Waals surface area contributed by atoms with Crippen molar-refractivity contribution in [3.05, 3.63) is 0 Å². The molecule has 0 aliphatic rings. The Bertz CT molecular complexity index is 872. The lowest BCUT2D eigenvalue weighted by Crippen LogP contribution is -2.30. The Labute approximate surface area is 361 Å². The Morgan fingerprint density at radius 1 is 0.328 bits per heavy atom. The quantitative estimate of drug-likeness (QED) is 0.0346. The van der Waals surface area contributed by atoms with Gasteiger partial charge in [-0.05, 0) is 25.2 Å². The number of rotatable bonds is 47. The predicted octanol–water partition coefficient (Wildman–Crippen LogP) is 16.7. The van der Waals surface area contributed by atoms with Crippen molar-refractivity contribution in [3.8, 4) is 0 Å². The van der Waals surface area contributed by atoms with Gasteiger partial charge in [-0.1, -0.05) is 252 Å². The number of esters is 3. The summed E-state index contributed by atoms with van der Waals surface area (Å²) < 4.78 is 16.7. The number of hydrogen-bond donors (Lipinski definition) is 0. The van der Waals surface area contributed by atoms with Crippen molar-refractivity contribution in [2.75, 3.05) is 13.2 Å². The van der Waals surface area contributed by atoms with Crippen molar-refractivity contribution in [3.63, 3.8) is 0 Å². The lowest BCUT2D eigenvalue weighted by atomic mass is 10.0. The Morgan fingerprint density at radius 3 is 0.845 bits per heavy atom. The van der Waals surface area contributed by atoms with Crippen LogP contribution in [0.5, 0.6) is 0 Å². The molecule has 0 fully saturated rings. The first kappa shape index (κ1) is 56.4. The monoisotopic (exact) mass is 821 g/mol. The standard InChI is InChI=1S/C52H100O6/c1-5-7-9-11-12-13-14-15-16-20-23-26-29-32-36-40-44-51(54)57-47-49(46-56-50(53)43-39-34-10-8-6-2)58-52(55)45-41-37-33-30-27-24-21-18-17-19-22-25-28-31-35-38-42-48(3)4/h48-49H,5-47H2,1-4H3/t49-/m1/s1. The van der Waals surface area contributed by atoms with Crippen molar-refractivity contribution in [2.45, 2.75) is 297 Å². The van der Waals surface area contributed by atoms with Crippen LogP contribution in [0.4, 0.5) is 0 Å². The van der Waals surface area contributed by atoms with Gasteiger partial charge < -0.3 is 14.2 Å². The van der Waals surface area contributed by atoms with Crippen LogP contribution >= 0.6 is 0 Å². The van der Waals surface area contributed by atoms with Gasteiger partial charge in [0, 0.05) is 19.3 Å². The molecule has 0 aromatic rings. The van der Waals surface area contributed by atoms with Crippen LogP contribution in [0.1, 0.15) is 291 Å². The van der Waals surface area contributed by atoms with E-state index in [1.54, 1.807) is 0 Å². The molecule has 0 saturated heterocycles. The molecule has 6 nitrogen and oxygen atoms in total. The van der Waals surface area contributed by atoms with E-state index < -0.39 is 6.10 Å². The van der Waals surface area contributed by atoms with Gasteiger partial charge in [-0.3, -0.25) is 14.4 Å². The van der Waals surface area contributed by atoms with Gasteiger partial charge in [-0.2, -0.15) is 0 Å². The fourth-order valence-electron chi connectivity index (χ4n) is 7.86. The summed E-state index contributed by atoms with van der Waals surface area (Å²) in [6.45, 7) is 8.97. The predicted molar refractivity (Wildman–Crippen MR) is 247 cm³/mol. The average molecular weight is 821 g/mol. The molecular formula is C52H100O6. The Hall–Kier alpha value is -1.59. The highest BCUT2D eigenvalue weighted by atomic mass is 16.6. The third-order valence-corrected chi connectivity index (χ3v) is 11.8. The molecule has 344 valence electrons. The van der Waals surface area contributed by atoms with Gasteiger partial charge in [0.2, 0.25) is 0 Å². The summed E-state index contributed by atoms with van der Waals surface area (Å²) in [5.41, 5.74) is 0. The second-order valence-corrected chi connectivity index (χ2v) is 18.3. The van der Waals surface area contributed by atoms with Crippen LogP contribution in [0.3, 0.4) is 0 Å². The largest absolute Gasteiger partial charge is 0.462 e. The fraction of sp³-hybridized carbons (Fsp3) is 0.942. The molecule has 0 heterocycles. The molecule has 0 N–H and O–H groups in total. The first-order chi connectivity index (χ1) is 28.4. The van der Waals surface area contributed by atoms with E-state index in [1.165, 1.54) is 180 Å². The first-order valence-electron chi connectivity index (χ1n) is 25.9. The molecule has 6 heteroatoms. The van der Waals surface area contributed by atoms with Gasteiger partial charge in [0.15, 0.2) is 6.10 Å². The van der Waals surface area contributed by atoms with E-state index in [4.69, 9.17) is 14.2 Å². The van der Waals surface area contributed by atoms with Gasteiger partial charge in [0.25, 0.3) is 0 Å². The summed E-state index contributed by atoms with van der Waals surface area (Å²) in [4.78, 5) is 37.6. The number of hydrogen-bond acceptors (Lipinski definition) is 6. The van der Waals surface area contributed by atoms with E-state index in [-0.39, 0.29) is 31.1 Å². The molecule has 0 radical (unpaired) electrons. The van der Waals surface area contributed by atoms with Gasteiger partial charge >= 0.3 is 17.9 Å². The lowest BCUT2D eigenvalue weighted by Gasteiger charge is -2.18. The molecule has 0 aliphatic carbocycles. The van der Waals surface area contributed by atoms with Crippen LogP contribution in [0.25, 0.3) is 0 Å². The third-order valence-electron chi connectivity index (χ3n) is 11.8. The molecule has 0 aromatic carbocycles. The Balaban J connectivity index is 4.09. The summed E-state index contributed by atoms with van der Waals surface area (Å²) in [7, 11) is 0. The molecule has 0 rings (SSSR count). The average Bonchev–Trinajstić information content (AvgIpc) is 3.21. The molecule has 0 aliphatic heterocycles. The third kappa shape index (κ3) is 45.5. The van der Waals surface area contributed by atoms with Crippen LogP contribution in [0, 0.1) is 5.92 Å². The zero-order valence-corrected chi connectivity index (χ0v) is 39.5. The second-order valence-electron chi connectivity index (χ2n) is 18.3. The first-order valence-corrected chi connectivity index (χ1v) is 25.9. The molecule has 0 amide bonds. The molecule has 0 saturated carbocycles. The molecular weight excluding hydrogens is 721 g/mol. The van der Waals surface area contributed by atoms with E-state index in [9.17, 15) is 14.4 Å². The number of unbranched alkanes of at least 4 members (excludes halogenated alkanes) is 34. The van der Waals surface area contributed by atoms with Gasteiger partial charge in [-0.25, -0.2) is 0 Å². The van der Waals surface area contributed by atoms with Crippen molar-refractivity contribution in [2.24, 2.45) is 5.92 Å². The van der Waals surface area contributed by atoms with Crippen molar-refractivity contribution in [1.82, 2.24) is 0 Å². The smallest absolute Gasteiger partial charge is 0.306 e. The number of carbonyl (C=O) groups is 3. The summed E-state index contributed by atoms with van der Waals surface area (Å²) in [5, 5.41) is 0. The molecule has 1 atom stereocenters. The second kappa shape index (κ2) is 46.5. The van der Waals surface area contributed by atoms with E-state index >= 15 is 0 Å². The Kier molecular flexibility index (Phi) is 45.2. The SMILES string of the molecule is CCCCCCCCCCCCCCCCCCC(=O)OC[C@@H](COC(=O)CCCCCCC)OC(=O)CCCCCCCCCCCCCCCCCCC(C)C. The minimum atomic E-state index is -0.758. The topological polar surface area (TPSA) is 78.9 Å². The fourth-order valence-corrected chi connectivity index (χ4v) is 7.86. The van der Waals surface area contributed by atoms with E-state index in [1.807, 2.05) is 0 Å². The number of ether oxygens (including phenoxy) is 3. The molecule has 0 bridgehead atoms. The van der Waals surface area contributed by atoms with Gasteiger partial charge in [0.1, 0.15) is 13.2 Å². The minimum absolute atomic E-state index is 0.0637. The maximum absolute atomic E-state index is 12.7. The lowest BCUT2D eigenvalue weighted by molar-refractivity contribution is -0.167. The van der Waals surface area contributed by atoms with Crippen LogP contribution in [-0.2, 0) is 28.6 Å². The van der Waals surface area contributed by atoms with Crippen LogP contribution < -0.4 is 0 Å². The van der Waals surface area contributed by atoms with E-state index in [2.05, 4.69) is 27.7 Å². The summed E-state index contributed by atoms with van der Waals surface area (Å²) in [5.74, 6) is -0.00691. The maximum Gasteiger partial charge on any atom is 0.306 e. The Morgan fingerprint density at radius 2 is 0.569 bits per heavy atom. The highest BCUT2D eigenvalue weighted by Crippen LogP contribution is 2.17. The van der Waals surface area contributed by atoms with Gasteiger partial charge in [0.05, 0.1) is 0 Å². The van der Waals surface area contributed by atoms with Crippen LogP contribution in [-0.4, -0.2) is 37.2 Å². The summed E-state index contributed by atoms with van der Waals surface area (Å²) in [6, 6.07) is 0. The zero-order valence-electron chi connectivity index (χ0n) is 39.5. The van der Waals surface area contributed by atoms with Gasteiger partial charge in [-0.15, -0.1) is 0 Å². The van der Waals surface area contributed by atoms with Crippen molar-refractivity contribution >= 4 is 17.9 Å². The van der Waals surface area contributed by atoms with Crippen molar-refractivity contribution < 1.29 is 28.6 Å². The van der Waals surface area contributed by atoms with E-state index in [0.717, 1.165) is 70.1 Å². The molecule has 0 aromatic heterocycles. The molecule has 0 spiro atoms. The zero-order chi connectivity index (χ0) is 42.4. The van der Waals surface area contributed by atoms with E-state index in [0.29, 0.717) is 19.3 Å².